The van der Waals surface area contributed by atoms with Crippen molar-refractivity contribution < 1.29 is 9.53 Å². The molecule has 1 fully saturated rings. The van der Waals surface area contributed by atoms with Gasteiger partial charge in [0, 0.05) is 0 Å². The van der Waals surface area contributed by atoms with Gasteiger partial charge in [0.05, 0.1) is 5.92 Å². The second-order valence-corrected chi connectivity index (χ2v) is 5.17. The van der Waals surface area contributed by atoms with E-state index in [-0.39, 0.29) is 12.0 Å². The highest BCUT2D eigenvalue weighted by Gasteiger charge is 2.57. The van der Waals surface area contributed by atoms with Gasteiger partial charge in [0.1, 0.15) is 6.10 Å². The molecule has 2 rings (SSSR count). The van der Waals surface area contributed by atoms with E-state index < -0.39 is 10.3 Å². The van der Waals surface area contributed by atoms with Gasteiger partial charge >= 0.3 is 5.97 Å². The Morgan fingerprint density at radius 1 is 1.50 bits per heavy atom. The molecule has 0 radical (unpaired) electrons. The van der Waals surface area contributed by atoms with Crippen molar-refractivity contribution in [1.29, 1.82) is 0 Å². The van der Waals surface area contributed by atoms with E-state index in [1.807, 2.05) is 26.0 Å². The Kier molecular flexibility index (Phi) is 2.16. The van der Waals surface area contributed by atoms with Gasteiger partial charge in [0.25, 0.3) is 0 Å². The second-order valence-electron chi connectivity index (χ2n) is 3.79. The number of halogens is 2. The number of alkyl halides is 2. The summed E-state index contributed by atoms with van der Waals surface area (Å²) in [5, 5.41) is 0. The van der Waals surface area contributed by atoms with Crippen molar-refractivity contribution in [2.75, 3.05) is 0 Å². The molecule has 1 aliphatic heterocycles. The Balaban J connectivity index is 2.41. The molecule has 0 spiro atoms. The van der Waals surface area contributed by atoms with Gasteiger partial charge < -0.3 is 4.74 Å². The van der Waals surface area contributed by atoms with Crippen molar-refractivity contribution in [2.24, 2.45) is 5.92 Å². The fourth-order valence-corrected chi connectivity index (χ4v) is 2.29. The molecule has 1 saturated heterocycles. The summed E-state index contributed by atoms with van der Waals surface area (Å²) in [6, 6.07) is 0. The molecule has 0 amide bonds. The van der Waals surface area contributed by atoms with Crippen LogP contribution in [-0.4, -0.2) is 16.4 Å². The molecule has 14 heavy (non-hydrogen) atoms. The van der Waals surface area contributed by atoms with Crippen LogP contribution >= 0.6 is 23.2 Å². The third kappa shape index (κ3) is 1.21. The minimum Gasteiger partial charge on any atom is -0.454 e. The molecule has 1 heterocycles. The number of ether oxygens (including phenoxy) is 1. The Morgan fingerprint density at radius 2 is 2.14 bits per heavy atom. The number of esters is 1. The van der Waals surface area contributed by atoms with Crippen molar-refractivity contribution in [3.05, 3.63) is 23.3 Å². The highest BCUT2D eigenvalue weighted by atomic mass is 35.5. The van der Waals surface area contributed by atoms with Gasteiger partial charge in [0.2, 0.25) is 4.33 Å². The summed E-state index contributed by atoms with van der Waals surface area (Å²) < 4.78 is 3.73. The van der Waals surface area contributed by atoms with Crippen LogP contribution in [0.15, 0.2) is 23.3 Å². The molecule has 0 aromatic carbocycles. The van der Waals surface area contributed by atoms with E-state index in [1.165, 1.54) is 0 Å². The molecule has 0 N–H and O–H groups in total. The third-order valence-corrected chi connectivity index (χ3v) is 3.43. The fourth-order valence-electron chi connectivity index (χ4n) is 1.83. The summed E-state index contributed by atoms with van der Waals surface area (Å²) in [7, 11) is 0. The lowest BCUT2D eigenvalue weighted by Crippen LogP contribution is -2.27. The highest BCUT2D eigenvalue weighted by Crippen LogP contribution is 2.48. The number of rotatable bonds is 0. The number of allylic oxidation sites excluding steroid dienone is 1. The predicted molar refractivity (Wildman–Crippen MR) is 55.3 cm³/mol. The third-order valence-electron chi connectivity index (χ3n) is 2.62. The molecule has 0 saturated carbocycles. The van der Waals surface area contributed by atoms with E-state index >= 15 is 0 Å². The van der Waals surface area contributed by atoms with Crippen molar-refractivity contribution in [3.8, 4) is 0 Å². The van der Waals surface area contributed by atoms with Crippen LogP contribution in [0, 0.1) is 5.92 Å². The number of fused-ring (bicyclic) bond motifs is 1. The minimum atomic E-state index is -1.42. The summed E-state index contributed by atoms with van der Waals surface area (Å²) >= 11 is 11.8. The first-order chi connectivity index (χ1) is 6.44. The fraction of sp³-hybridized carbons (Fsp3) is 0.500. The zero-order chi connectivity index (χ0) is 10.5. The largest absolute Gasteiger partial charge is 0.454 e. The van der Waals surface area contributed by atoms with Crippen molar-refractivity contribution in [2.45, 2.75) is 24.3 Å². The topological polar surface area (TPSA) is 26.3 Å². The van der Waals surface area contributed by atoms with Gasteiger partial charge in [-0.2, -0.15) is 0 Å². The van der Waals surface area contributed by atoms with Crippen LogP contribution in [-0.2, 0) is 9.53 Å². The van der Waals surface area contributed by atoms with Gasteiger partial charge in [-0.25, -0.2) is 4.79 Å². The number of carbonyl (C=O) groups excluding carboxylic acids is 1. The van der Waals surface area contributed by atoms with Gasteiger partial charge in [-0.05, 0) is 19.4 Å². The number of hydrogen-bond donors (Lipinski definition) is 0. The normalized spacial score (nSPS) is 33.1. The van der Waals surface area contributed by atoms with Crippen LogP contribution in [0.1, 0.15) is 13.8 Å². The average Bonchev–Trinajstić information content (AvgIpc) is 2.55. The molecule has 76 valence electrons. The lowest BCUT2D eigenvalue weighted by Gasteiger charge is -2.14. The molecule has 1 aliphatic carbocycles. The minimum absolute atomic E-state index is 0.247. The maximum atomic E-state index is 11.3. The molecule has 0 aromatic heterocycles. The standard InChI is InChI=1S/C10H10Cl2O2/c1-5(2)6-3-4-7-8(6)14-9(13)10(7,11)12/h3-4,7-8H,1-2H3/t7-,8+/m0/s1. The summed E-state index contributed by atoms with van der Waals surface area (Å²) in [4.78, 5) is 11.3. The second kappa shape index (κ2) is 3.01. The van der Waals surface area contributed by atoms with Gasteiger partial charge in [-0.3, -0.25) is 0 Å². The number of carbonyl (C=O) groups is 1. The first-order valence-electron chi connectivity index (χ1n) is 4.39. The SMILES string of the molecule is CC(C)=C1C=C[C@H]2[C@@H]1OC(=O)C2(Cl)Cl. The van der Waals surface area contributed by atoms with Crippen LogP contribution in [0.2, 0.25) is 0 Å². The average molecular weight is 233 g/mol. The van der Waals surface area contributed by atoms with Crippen molar-refractivity contribution >= 4 is 29.2 Å². The van der Waals surface area contributed by atoms with Gasteiger partial charge in [-0.15, -0.1) is 0 Å². The van der Waals surface area contributed by atoms with Crippen molar-refractivity contribution in [3.63, 3.8) is 0 Å². The molecule has 0 unspecified atom stereocenters. The molecule has 0 aromatic rings. The van der Waals surface area contributed by atoms with Crippen molar-refractivity contribution in [1.82, 2.24) is 0 Å². The number of hydrogen-bond acceptors (Lipinski definition) is 2. The lowest BCUT2D eigenvalue weighted by molar-refractivity contribution is -0.140. The van der Waals surface area contributed by atoms with E-state index in [9.17, 15) is 4.79 Å². The smallest absolute Gasteiger partial charge is 0.344 e. The molecular formula is C10H10Cl2O2. The summed E-state index contributed by atoms with van der Waals surface area (Å²) in [5.74, 6) is -0.790. The Bertz CT molecular complexity index is 351. The zero-order valence-electron chi connectivity index (χ0n) is 7.88. The molecule has 2 atom stereocenters. The molecular weight excluding hydrogens is 223 g/mol. The zero-order valence-corrected chi connectivity index (χ0v) is 9.39. The van der Waals surface area contributed by atoms with Gasteiger partial charge in [0.15, 0.2) is 0 Å². The summed E-state index contributed by atoms with van der Waals surface area (Å²) in [5.41, 5.74) is 2.12. The van der Waals surface area contributed by atoms with Crippen LogP contribution in [0.4, 0.5) is 0 Å². The molecule has 0 bridgehead atoms. The van der Waals surface area contributed by atoms with Crippen LogP contribution < -0.4 is 0 Å². The monoisotopic (exact) mass is 232 g/mol. The first kappa shape index (κ1) is 10.1. The maximum absolute atomic E-state index is 11.3. The Labute approximate surface area is 92.5 Å². The van der Waals surface area contributed by atoms with E-state index in [4.69, 9.17) is 27.9 Å². The Hall–Kier alpha value is -0.470. The summed E-state index contributed by atoms with van der Waals surface area (Å²) in [6.45, 7) is 3.94. The van der Waals surface area contributed by atoms with Gasteiger partial charge in [-0.1, -0.05) is 40.9 Å². The quantitative estimate of drug-likeness (QED) is 0.474. The van der Waals surface area contributed by atoms with E-state index in [0.717, 1.165) is 11.1 Å². The maximum Gasteiger partial charge on any atom is 0.344 e. The van der Waals surface area contributed by atoms with Crippen LogP contribution in [0.5, 0.6) is 0 Å². The van der Waals surface area contributed by atoms with Crippen LogP contribution in [0.25, 0.3) is 0 Å². The summed E-state index contributed by atoms with van der Waals surface area (Å²) in [6.07, 6.45) is 3.48. The highest BCUT2D eigenvalue weighted by molar-refractivity contribution is 6.58. The molecule has 4 heteroatoms. The molecule has 2 aliphatic rings. The van der Waals surface area contributed by atoms with E-state index in [1.54, 1.807) is 0 Å². The predicted octanol–water partition coefficient (Wildman–Crippen LogP) is 2.61. The first-order valence-corrected chi connectivity index (χ1v) is 5.14. The van der Waals surface area contributed by atoms with E-state index in [2.05, 4.69) is 0 Å². The van der Waals surface area contributed by atoms with E-state index in [0.29, 0.717) is 0 Å². The van der Waals surface area contributed by atoms with Crippen LogP contribution in [0.3, 0.4) is 0 Å². The lowest BCUT2D eigenvalue weighted by atomic mass is 10.00. The molecule has 2 nitrogen and oxygen atoms in total. The Morgan fingerprint density at radius 3 is 2.71 bits per heavy atom.